The topological polar surface area (TPSA) is 66.5 Å². The van der Waals surface area contributed by atoms with Crippen molar-refractivity contribution in [1.82, 2.24) is 5.32 Å². The Morgan fingerprint density at radius 3 is 2.23 bits per heavy atom. The van der Waals surface area contributed by atoms with Crippen LogP contribution in [-0.2, 0) is 21.4 Å². The van der Waals surface area contributed by atoms with E-state index in [1.165, 1.54) is 54.6 Å². The minimum atomic E-state index is -4.05. The molecule has 5 nitrogen and oxygen atoms in total. The Morgan fingerprint density at radius 2 is 1.60 bits per heavy atom. The van der Waals surface area contributed by atoms with E-state index in [9.17, 15) is 17.6 Å². The predicted octanol–water partition coefficient (Wildman–Crippen LogP) is 4.64. The first-order valence-electron chi connectivity index (χ1n) is 8.81. The predicted molar refractivity (Wildman–Crippen MR) is 116 cm³/mol. The van der Waals surface area contributed by atoms with Crippen molar-refractivity contribution in [2.45, 2.75) is 11.4 Å². The van der Waals surface area contributed by atoms with Crippen LogP contribution in [0.15, 0.2) is 77.7 Å². The number of carbonyl (C=O) groups excluding carboxylic acids is 1. The fourth-order valence-corrected chi connectivity index (χ4v) is 4.39. The molecule has 0 saturated carbocycles. The molecular weight excluding hydrogens is 450 g/mol. The minimum absolute atomic E-state index is 0.0300. The molecule has 3 rings (SSSR count). The lowest BCUT2D eigenvalue weighted by Gasteiger charge is -2.24. The largest absolute Gasteiger partial charge is 0.350 e. The number of halogens is 3. The number of rotatable bonds is 7. The van der Waals surface area contributed by atoms with Crippen LogP contribution in [0.1, 0.15) is 5.56 Å². The molecule has 0 heterocycles. The Bertz CT molecular complexity index is 1140. The third-order valence-electron chi connectivity index (χ3n) is 4.21. The van der Waals surface area contributed by atoms with Crippen molar-refractivity contribution in [3.8, 4) is 0 Å². The first kappa shape index (κ1) is 22.1. The van der Waals surface area contributed by atoms with E-state index in [1.54, 1.807) is 18.2 Å². The van der Waals surface area contributed by atoms with Gasteiger partial charge in [0.05, 0.1) is 20.6 Å². The number of benzene rings is 3. The van der Waals surface area contributed by atoms with Crippen molar-refractivity contribution >= 4 is 44.8 Å². The second kappa shape index (κ2) is 9.47. The van der Waals surface area contributed by atoms with Crippen LogP contribution < -0.4 is 9.62 Å². The van der Waals surface area contributed by atoms with E-state index in [2.05, 4.69) is 5.32 Å². The zero-order valence-corrected chi connectivity index (χ0v) is 17.9. The van der Waals surface area contributed by atoms with Crippen LogP contribution in [0.3, 0.4) is 0 Å². The lowest BCUT2D eigenvalue weighted by atomic mass is 10.2. The van der Waals surface area contributed by atoms with Crippen molar-refractivity contribution in [3.63, 3.8) is 0 Å². The van der Waals surface area contributed by atoms with Crippen LogP contribution in [0.4, 0.5) is 10.1 Å². The number of sulfonamides is 1. The van der Waals surface area contributed by atoms with Crippen LogP contribution in [0.2, 0.25) is 10.0 Å². The zero-order chi connectivity index (χ0) is 21.7. The Labute approximate surface area is 184 Å². The SMILES string of the molecule is O=C(CN(c1ccc(Cl)c(Cl)c1)S(=O)(=O)c1ccccc1)NCc1ccc(F)cc1. The van der Waals surface area contributed by atoms with Crippen molar-refractivity contribution in [2.24, 2.45) is 0 Å². The number of nitrogens with one attached hydrogen (secondary N) is 1. The maximum Gasteiger partial charge on any atom is 0.264 e. The first-order valence-corrected chi connectivity index (χ1v) is 11.0. The zero-order valence-electron chi connectivity index (χ0n) is 15.6. The van der Waals surface area contributed by atoms with E-state index < -0.39 is 22.5 Å². The van der Waals surface area contributed by atoms with Crippen LogP contribution in [0, 0.1) is 5.82 Å². The van der Waals surface area contributed by atoms with Crippen molar-refractivity contribution < 1.29 is 17.6 Å². The van der Waals surface area contributed by atoms with Gasteiger partial charge < -0.3 is 5.32 Å². The summed E-state index contributed by atoms with van der Waals surface area (Å²) in [5.41, 5.74) is 0.877. The molecule has 0 aliphatic carbocycles. The van der Waals surface area contributed by atoms with E-state index in [1.807, 2.05) is 0 Å². The van der Waals surface area contributed by atoms with Gasteiger partial charge in [0.25, 0.3) is 10.0 Å². The van der Waals surface area contributed by atoms with Gasteiger partial charge in [-0.15, -0.1) is 0 Å². The van der Waals surface area contributed by atoms with E-state index in [0.29, 0.717) is 5.56 Å². The van der Waals surface area contributed by atoms with Gasteiger partial charge >= 0.3 is 0 Å². The highest BCUT2D eigenvalue weighted by atomic mass is 35.5. The average Bonchev–Trinajstić information content (AvgIpc) is 2.74. The molecule has 0 bridgehead atoms. The third kappa shape index (κ3) is 5.30. The summed E-state index contributed by atoms with van der Waals surface area (Å²) in [6, 6.07) is 17.7. The first-order chi connectivity index (χ1) is 14.3. The molecule has 0 atom stereocenters. The molecule has 0 aromatic heterocycles. The van der Waals surface area contributed by atoms with Crippen molar-refractivity contribution in [3.05, 3.63) is 94.2 Å². The Morgan fingerprint density at radius 1 is 0.933 bits per heavy atom. The molecular formula is C21H17Cl2FN2O3S. The molecule has 0 radical (unpaired) electrons. The number of carbonyl (C=O) groups is 1. The third-order valence-corrected chi connectivity index (χ3v) is 6.74. The molecule has 1 amide bonds. The monoisotopic (exact) mass is 466 g/mol. The summed E-state index contributed by atoms with van der Waals surface area (Å²) in [7, 11) is -4.05. The van der Waals surface area contributed by atoms with Gasteiger partial charge in [-0.2, -0.15) is 0 Å². The van der Waals surface area contributed by atoms with Gasteiger partial charge in [0, 0.05) is 6.54 Å². The average molecular weight is 467 g/mol. The molecule has 0 aliphatic heterocycles. The maximum atomic E-state index is 13.2. The van der Waals surface area contributed by atoms with Crippen molar-refractivity contribution in [1.29, 1.82) is 0 Å². The number of nitrogens with zero attached hydrogens (tertiary/aromatic N) is 1. The van der Waals surface area contributed by atoms with E-state index >= 15 is 0 Å². The highest BCUT2D eigenvalue weighted by molar-refractivity contribution is 7.92. The molecule has 3 aromatic rings. The highest BCUT2D eigenvalue weighted by Crippen LogP contribution is 2.30. The molecule has 0 aliphatic rings. The Kier molecular flexibility index (Phi) is 6.97. The molecule has 156 valence electrons. The fourth-order valence-electron chi connectivity index (χ4n) is 2.66. The Balaban J connectivity index is 1.86. The second-order valence-electron chi connectivity index (χ2n) is 6.33. The molecule has 30 heavy (non-hydrogen) atoms. The van der Waals surface area contributed by atoms with Gasteiger partial charge in [0.2, 0.25) is 5.91 Å². The van der Waals surface area contributed by atoms with Crippen molar-refractivity contribution in [2.75, 3.05) is 10.8 Å². The summed E-state index contributed by atoms with van der Waals surface area (Å²) < 4.78 is 40.4. The molecule has 0 fully saturated rings. The number of amides is 1. The number of hydrogen-bond acceptors (Lipinski definition) is 3. The number of hydrogen-bond donors (Lipinski definition) is 1. The van der Waals surface area contributed by atoms with E-state index in [0.717, 1.165) is 4.31 Å². The summed E-state index contributed by atoms with van der Waals surface area (Å²) in [5, 5.41) is 3.07. The van der Waals surface area contributed by atoms with E-state index in [-0.39, 0.29) is 33.0 Å². The maximum absolute atomic E-state index is 13.2. The van der Waals surface area contributed by atoms with Gasteiger partial charge in [-0.25, -0.2) is 12.8 Å². The number of anilines is 1. The lowest BCUT2D eigenvalue weighted by molar-refractivity contribution is -0.119. The molecule has 1 N–H and O–H groups in total. The van der Waals surface area contributed by atoms with Crippen LogP contribution >= 0.6 is 23.2 Å². The summed E-state index contributed by atoms with van der Waals surface area (Å²) in [6.07, 6.45) is 0. The quantitative estimate of drug-likeness (QED) is 0.551. The summed E-state index contributed by atoms with van der Waals surface area (Å²) in [5.74, 6) is -0.922. The van der Waals surface area contributed by atoms with Crippen LogP contribution in [0.5, 0.6) is 0 Å². The fraction of sp³-hybridized carbons (Fsp3) is 0.0952. The summed E-state index contributed by atoms with van der Waals surface area (Å²) >= 11 is 12.0. The highest BCUT2D eigenvalue weighted by Gasteiger charge is 2.27. The minimum Gasteiger partial charge on any atom is -0.350 e. The summed E-state index contributed by atoms with van der Waals surface area (Å²) in [4.78, 5) is 12.6. The molecule has 3 aromatic carbocycles. The van der Waals surface area contributed by atoms with Gasteiger partial charge in [-0.1, -0.05) is 53.5 Å². The molecule has 0 saturated heterocycles. The van der Waals surface area contributed by atoms with Gasteiger partial charge in [0.1, 0.15) is 12.4 Å². The molecule has 0 unspecified atom stereocenters. The lowest BCUT2D eigenvalue weighted by Crippen LogP contribution is -2.40. The van der Waals surface area contributed by atoms with Crippen LogP contribution in [0.25, 0.3) is 0 Å². The Hall–Kier alpha value is -2.61. The smallest absolute Gasteiger partial charge is 0.264 e. The summed E-state index contributed by atoms with van der Waals surface area (Å²) in [6.45, 7) is -0.351. The molecule has 9 heteroatoms. The van der Waals surface area contributed by atoms with Gasteiger partial charge in [0.15, 0.2) is 0 Å². The van der Waals surface area contributed by atoms with Gasteiger partial charge in [-0.05, 0) is 48.0 Å². The molecule has 0 spiro atoms. The van der Waals surface area contributed by atoms with Crippen LogP contribution in [-0.4, -0.2) is 20.9 Å². The van der Waals surface area contributed by atoms with E-state index in [4.69, 9.17) is 23.2 Å². The second-order valence-corrected chi connectivity index (χ2v) is 9.00. The standard InChI is InChI=1S/C21H17Cl2FN2O3S/c22-19-11-10-17(12-20(19)23)26(30(28,29)18-4-2-1-3-5-18)14-21(27)25-13-15-6-8-16(24)9-7-15/h1-12H,13-14H2,(H,25,27). The normalized spacial score (nSPS) is 11.2. The van der Waals surface area contributed by atoms with Gasteiger partial charge in [-0.3, -0.25) is 9.10 Å².